The molecule has 1 fully saturated rings. The van der Waals surface area contributed by atoms with Gasteiger partial charge in [-0.05, 0) is 37.5 Å². The second-order valence-electron chi connectivity index (χ2n) is 6.98. The number of hydrogen-bond donors (Lipinski definition) is 0. The number of aryl methyl sites for hydroxylation is 1. The van der Waals surface area contributed by atoms with Crippen LogP contribution in [-0.2, 0) is 19.4 Å². The number of carbonyl (C=O) groups excluding carboxylic acids is 2. The molecule has 3 rings (SSSR count). The van der Waals surface area contributed by atoms with E-state index in [1.807, 2.05) is 6.07 Å². The Bertz CT molecular complexity index is 979. The van der Waals surface area contributed by atoms with E-state index in [-0.39, 0.29) is 16.4 Å². The molecule has 1 heterocycles. The highest BCUT2D eigenvalue weighted by Gasteiger charge is 2.31. The van der Waals surface area contributed by atoms with Gasteiger partial charge in [0.25, 0.3) is 5.91 Å². The highest BCUT2D eigenvalue weighted by molar-refractivity contribution is 7.90. The second-order valence-corrected chi connectivity index (χ2v) is 8.99. The highest BCUT2D eigenvalue weighted by Crippen LogP contribution is 2.25. The van der Waals surface area contributed by atoms with Crippen molar-refractivity contribution in [3.05, 3.63) is 65.2 Å². The zero-order chi connectivity index (χ0) is 20.3. The third-order valence-electron chi connectivity index (χ3n) is 4.83. The molecular formula is C21H23NO5S. The first-order valence-corrected chi connectivity index (χ1v) is 11.0. The molecule has 1 atom stereocenters. The van der Waals surface area contributed by atoms with Crippen molar-refractivity contribution >= 4 is 21.7 Å². The van der Waals surface area contributed by atoms with Crippen LogP contribution in [0.15, 0.2) is 53.4 Å². The topological polar surface area (TPSA) is 80.7 Å². The zero-order valence-corrected chi connectivity index (χ0v) is 16.7. The number of sulfone groups is 1. The molecule has 28 heavy (non-hydrogen) atoms. The van der Waals surface area contributed by atoms with Crippen molar-refractivity contribution in [3.63, 3.8) is 0 Å². The lowest BCUT2D eigenvalue weighted by molar-refractivity contribution is -0.140. The van der Waals surface area contributed by atoms with Gasteiger partial charge in [-0.2, -0.15) is 0 Å². The van der Waals surface area contributed by atoms with Crippen molar-refractivity contribution in [2.45, 2.75) is 30.8 Å². The quantitative estimate of drug-likeness (QED) is 0.720. The van der Waals surface area contributed by atoms with Crippen molar-refractivity contribution < 1.29 is 22.7 Å². The van der Waals surface area contributed by atoms with Crippen molar-refractivity contribution in [1.82, 2.24) is 4.90 Å². The van der Waals surface area contributed by atoms with Gasteiger partial charge in [0.15, 0.2) is 9.84 Å². The van der Waals surface area contributed by atoms with Crippen LogP contribution in [0.4, 0.5) is 0 Å². The van der Waals surface area contributed by atoms with Gasteiger partial charge < -0.3 is 9.64 Å². The minimum atomic E-state index is -3.47. The summed E-state index contributed by atoms with van der Waals surface area (Å²) in [5.74, 6) is -0.974. The van der Waals surface area contributed by atoms with Crippen LogP contribution >= 0.6 is 0 Å². The molecule has 7 heteroatoms. The number of esters is 1. The Morgan fingerprint density at radius 1 is 1.04 bits per heavy atom. The zero-order valence-electron chi connectivity index (χ0n) is 15.9. The van der Waals surface area contributed by atoms with Crippen LogP contribution in [0, 0.1) is 6.92 Å². The average molecular weight is 401 g/mol. The molecule has 1 aliphatic heterocycles. The van der Waals surface area contributed by atoms with Gasteiger partial charge >= 0.3 is 5.97 Å². The number of likely N-dealkylation sites (tertiary alicyclic amines) is 1. The Kier molecular flexibility index (Phi) is 5.84. The van der Waals surface area contributed by atoms with E-state index in [9.17, 15) is 18.0 Å². The van der Waals surface area contributed by atoms with E-state index in [4.69, 9.17) is 4.74 Å². The number of rotatable bonds is 5. The summed E-state index contributed by atoms with van der Waals surface area (Å²) >= 11 is 0. The van der Waals surface area contributed by atoms with E-state index in [0.717, 1.165) is 19.1 Å². The molecule has 0 spiro atoms. The van der Waals surface area contributed by atoms with Crippen LogP contribution in [0.5, 0.6) is 0 Å². The number of amides is 1. The molecule has 1 amide bonds. The maximum Gasteiger partial charge on any atom is 0.339 e. The largest absolute Gasteiger partial charge is 0.444 e. The van der Waals surface area contributed by atoms with Gasteiger partial charge in [-0.3, -0.25) is 4.79 Å². The average Bonchev–Trinajstić information content (AvgIpc) is 3.20. The fourth-order valence-corrected chi connectivity index (χ4v) is 3.86. The predicted octanol–water partition coefficient (Wildman–Crippen LogP) is 2.92. The minimum Gasteiger partial charge on any atom is -0.444 e. The Balaban J connectivity index is 1.92. The van der Waals surface area contributed by atoms with Crippen molar-refractivity contribution in [3.8, 4) is 0 Å². The molecule has 2 aromatic rings. The van der Waals surface area contributed by atoms with Gasteiger partial charge in [-0.15, -0.1) is 0 Å². The third-order valence-corrected chi connectivity index (χ3v) is 5.94. The summed E-state index contributed by atoms with van der Waals surface area (Å²) in [6.07, 6.45) is 1.87. The molecule has 0 saturated carbocycles. The Morgan fingerprint density at radius 2 is 1.68 bits per heavy atom. The van der Waals surface area contributed by atoms with E-state index in [1.165, 1.54) is 12.1 Å². The molecular weight excluding hydrogens is 378 g/mol. The summed E-state index contributed by atoms with van der Waals surface area (Å²) in [6.45, 7) is 2.98. The maximum absolute atomic E-state index is 13.0. The Hall–Kier alpha value is -2.67. The first-order valence-electron chi connectivity index (χ1n) is 9.13. The Morgan fingerprint density at radius 3 is 2.29 bits per heavy atom. The van der Waals surface area contributed by atoms with Gasteiger partial charge in [0, 0.05) is 24.9 Å². The molecule has 148 valence electrons. The van der Waals surface area contributed by atoms with E-state index in [2.05, 4.69) is 0 Å². The summed E-state index contributed by atoms with van der Waals surface area (Å²) < 4.78 is 29.3. The van der Waals surface area contributed by atoms with Crippen LogP contribution in [-0.4, -0.2) is 44.5 Å². The smallest absolute Gasteiger partial charge is 0.339 e. The first kappa shape index (κ1) is 20.1. The number of benzene rings is 2. The standard InChI is InChI=1S/C21H23NO5S/c1-15-10-11-17(28(2,25)26)14-18(15)21(24)27-19(16-8-4-3-5-9-16)20(23)22-12-6-7-13-22/h3-5,8-11,14,19H,6-7,12-13H2,1-2H3/t19-/m0/s1. The normalized spacial score (nSPS) is 15.3. The minimum absolute atomic E-state index is 0.0344. The fourth-order valence-electron chi connectivity index (χ4n) is 3.21. The molecule has 0 N–H and O–H groups in total. The second kappa shape index (κ2) is 8.14. The summed E-state index contributed by atoms with van der Waals surface area (Å²) in [4.78, 5) is 27.6. The lowest BCUT2D eigenvalue weighted by Gasteiger charge is -2.24. The van der Waals surface area contributed by atoms with Crippen LogP contribution in [0.3, 0.4) is 0 Å². The summed E-state index contributed by atoms with van der Waals surface area (Å²) in [6, 6.07) is 13.2. The van der Waals surface area contributed by atoms with Gasteiger partial charge in [-0.1, -0.05) is 36.4 Å². The highest BCUT2D eigenvalue weighted by atomic mass is 32.2. The molecule has 2 aromatic carbocycles. The molecule has 0 bridgehead atoms. The van der Waals surface area contributed by atoms with Gasteiger partial charge in [0.1, 0.15) is 0 Å². The molecule has 0 aliphatic carbocycles. The number of hydrogen-bond acceptors (Lipinski definition) is 5. The lowest BCUT2D eigenvalue weighted by atomic mass is 10.1. The molecule has 0 unspecified atom stereocenters. The number of ether oxygens (including phenoxy) is 1. The van der Waals surface area contributed by atoms with E-state index in [0.29, 0.717) is 24.2 Å². The van der Waals surface area contributed by atoms with Crippen molar-refractivity contribution in [2.75, 3.05) is 19.3 Å². The van der Waals surface area contributed by atoms with Crippen LogP contribution < -0.4 is 0 Å². The summed E-state index contributed by atoms with van der Waals surface area (Å²) in [5, 5.41) is 0. The SMILES string of the molecule is Cc1ccc(S(C)(=O)=O)cc1C(=O)O[C@H](C(=O)N1CCCC1)c1ccccc1. The predicted molar refractivity (Wildman–Crippen MR) is 105 cm³/mol. The van der Waals surface area contributed by atoms with E-state index in [1.54, 1.807) is 42.2 Å². The number of carbonyl (C=O) groups is 2. The molecule has 1 aliphatic rings. The maximum atomic E-state index is 13.0. The number of nitrogens with zero attached hydrogens (tertiary/aromatic N) is 1. The van der Waals surface area contributed by atoms with E-state index >= 15 is 0 Å². The first-order chi connectivity index (χ1) is 13.3. The summed E-state index contributed by atoms with van der Waals surface area (Å²) in [5.41, 5.74) is 1.31. The van der Waals surface area contributed by atoms with Crippen LogP contribution in [0.2, 0.25) is 0 Å². The lowest BCUT2D eigenvalue weighted by Crippen LogP contribution is -2.35. The molecule has 0 radical (unpaired) electrons. The van der Waals surface area contributed by atoms with E-state index < -0.39 is 21.9 Å². The van der Waals surface area contributed by atoms with Gasteiger partial charge in [-0.25, -0.2) is 13.2 Å². The summed E-state index contributed by atoms with van der Waals surface area (Å²) in [7, 11) is -3.47. The Labute approximate surface area is 165 Å². The third kappa shape index (κ3) is 4.42. The van der Waals surface area contributed by atoms with Crippen LogP contribution in [0.25, 0.3) is 0 Å². The van der Waals surface area contributed by atoms with Gasteiger partial charge in [0.05, 0.1) is 10.5 Å². The van der Waals surface area contributed by atoms with Crippen molar-refractivity contribution in [2.24, 2.45) is 0 Å². The fraction of sp³-hybridized carbons (Fsp3) is 0.333. The molecule has 0 aromatic heterocycles. The van der Waals surface area contributed by atoms with Crippen molar-refractivity contribution in [1.29, 1.82) is 0 Å². The monoisotopic (exact) mass is 401 g/mol. The van der Waals surface area contributed by atoms with Gasteiger partial charge in [0.2, 0.25) is 6.10 Å². The molecule has 1 saturated heterocycles. The van der Waals surface area contributed by atoms with Crippen LogP contribution in [0.1, 0.15) is 40.4 Å². The molecule has 6 nitrogen and oxygen atoms in total.